The lowest BCUT2D eigenvalue weighted by molar-refractivity contribution is -0.117. The second-order valence-corrected chi connectivity index (χ2v) is 5.06. The average Bonchev–Trinajstić information content (AvgIpc) is 2.91. The van der Waals surface area contributed by atoms with Crippen molar-refractivity contribution < 1.29 is 4.79 Å². The molecule has 0 aliphatic carbocycles. The van der Waals surface area contributed by atoms with Crippen LogP contribution in [-0.2, 0) is 4.79 Å². The summed E-state index contributed by atoms with van der Waals surface area (Å²) in [6.45, 7) is 3.47. The second kappa shape index (κ2) is 4.98. The summed E-state index contributed by atoms with van der Waals surface area (Å²) in [7, 11) is 0. The number of benzene rings is 1. The second-order valence-electron chi connectivity index (χ2n) is 5.06. The first kappa shape index (κ1) is 11.5. The molecule has 0 aromatic heterocycles. The fourth-order valence-electron chi connectivity index (χ4n) is 2.78. The van der Waals surface area contributed by atoms with E-state index in [2.05, 4.69) is 10.6 Å². The van der Waals surface area contributed by atoms with E-state index < -0.39 is 0 Å². The van der Waals surface area contributed by atoms with Crippen LogP contribution in [0.3, 0.4) is 0 Å². The van der Waals surface area contributed by atoms with Crippen molar-refractivity contribution in [3.63, 3.8) is 0 Å². The maximum atomic E-state index is 12.0. The van der Waals surface area contributed by atoms with Gasteiger partial charge < -0.3 is 15.5 Å². The van der Waals surface area contributed by atoms with Gasteiger partial charge >= 0.3 is 0 Å². The largest absolute Gasteiger partial charge is 0.374 e. The first-order valence-corrected chi connectivity index (χ1v) is 6.68. The molecule has 1 aromatic carbocycles. The van der Waals surface area contributed by atoms with E-state index in [1.807, 2.05) is 29.2 Å². The molecule has 0 saturated carbocycles. The van der Waals surface area contributed by atoms with Crippen LogP contribution in [0.4, 0.5) is 11.4 Å². The highest BCUT2D eigenvalue weighted by Gasteiger charge is 2.24. The number of hydrogen-bond donors (Lipinski definition) is 2. The van der Waals surface area contributed by atoms with E-state index in [1.165, 1.54) is 6.42 Å². The molecule has 1 unspecified atom stereocenters. The predicted molar refractivity (Wildman–Crippen MR) is 72.9 cm³/mol. The van der Waals surface area contributed by atoms with Crippen LogP contribution >= 0.6 is 0 Å². The molecule has 18 heavy (non-hydrogen) atoms. The average molecular weight is 245 g/mol. The number of carbonyl (C=O) groups is 1. The summed E-state index contributed by atoms with van der Waals surface area (Å²) in [5, 5.41) is 6.54. The Morgan fingerprint density at radius 3 is 3.06 bits per heavy atom. The molecule has 1 aromatic rings. The summed E-state index contributed by atoms with van der Waals surface area (Å²) >= 11 is 0. The number of carbonyl (C=O) groups excluding carboxylic acids is 1. The highest BCUT2D eigenvalue weighted by Crippen LogP contribution is 2.29. The Morgan fingerprint density at radius 2 is 2.22 bits per heavy atom. The normalized spacial score (nSPS) is 22.8. The lowest BCUT2D eigenvalue weighted by Gasteiger charge is -2.30. The summed E-state index contributed by atoms with van der Waals surface area (Å²) in [6.07, 6.45) is 2.33. The fourth-order valence-corrected chi connectivity index (χ4v) is 2.78. The minimum absolute atomic E-state index is 0.180. The van der Waals surface area contributed by atoms with Gasteiger partial charge in [-0.1, -0.05) is 12.1 Å². The molecule has 1 fully saturated rings. The van der Waals surface area contributed by atoms with Crippen LogP contribution < -0.4 is 15.5 Å². The molecule has 0 radical (unpaired) electrons. The van der Waals surface area contributed by atoms with Gasteiger partial charge in [0.25, 0.3) is 0 Å². The smallest absolute Gasteiger partial charge is 0.246 e. The van der Waals surface area contributed by atoms with Crippen molar-refractivity contribution in [2.75, 3.05) is 36.4 Å². The standard InChI is InChI=1S/C14H19N3O/c18-14-10-16-12-3-1-2-4-13(12)17(14)8-6-11-5-7-15-9-11/h1-4,11,15-16H,5-10H2. The molecular formula is C14H19N3O. The van der Waals surface area contributed by atoms with Crippen molar-refractivity contribution in [3.05, 3.63) is 24.3 Å². The molecule has 1 atom stereocenters. The molecule has 1 saturated heterocycles. The van der Waals surface area contributed by atoms with Crippen LogP contribution in [0.25, 0.3) is 0 Å². The van der Waals surface area contributed by atoms with Gasteiger partial charge in [-0.2, -0.15) is 0 Å². The Hall–Kier alpha value is -1.55. The molecular weight excluding hydrogens is 226 g/mol. The first-order valence-electron chi connectivity index (χ1n) is 6.68. The predicted octanol–water partition coefficient (Wildman–Crippen LogP) is 1.44. The van der Waals surface area contributed by atoms with Crippen molar-refractivity contribution in [3.8, 4) is 0 Å². The van der Waals surface area contributed by atoms with Crippen LogP contribution in [0.5, 0.6) is 0 Å². The molecule has 2 aliphatic heterocycles. The van der Waals surface area contributed by atoms with Crippen molar-refractivity contribution in [1.29, 1.82) is 0 Å². The number of nitrogens with zero attached hydrogens (tertiary/aromatic N) is 1. The molecule has 0 bridgehead atoms. The van der Waals surface area contributed by atoms with E-state index in [0.29, 0.717) is 6.54 Å². The molecule has 2 heterocycles. The van der Waals surface area contributed by atoms with Crippen molar-refractivity contribution in [2.24, 2.45) is 5.92 Å². The Bertz CT molecular complexity index is 440. The SMILES string of the molecule is O=C1CNc2ccccc2N1CCC1CCNC1. The van der Waals surface area contributed by atoms with E-state index in [4.69, 9.17) is 0 Å². The van der Waals surface area contributed by atoms with Gasteiger partial charge in [-0.05, 0) is 44.0 Å². The maximum Gasteiger partial charge on any atom is 0.246 e. The fraction of sp³-hybridized carbons (Fsp3) is 0.500. The zero-order chi connectivity index (χ0) is 12.4. The molecule has 96 valence electrons. The third-order valence-electron chi connectivity index (χ3n) is 3.85. The van der Waals surface area contributed by atoms with Gasteiger partial charge in [0.1, 0.15) is 0 Å². The number of anilines is 2. The highest BCUT2D eigenvalue weighted by molar-refractivity contribution is 6.02. The van der Waals surface area contributed by atoms with E-state index in [-0.39, 0.29) is 5.91 Å². The zero-order valence-electron chi connectivity index (χ0n) is 10.5. The molecule has 0 spiro atoms. The van der Waals surface area contributed by atoms with E-state index in [9.17, 15) is 4.79 Å². The monoisotopic (exact) mass is 245 g/mol. The minimum Gasteiger partial charge on any atom is -0.374 e. The summed E-state index contributed by atoms with van der Waals surface area (Å²) < 4.78 is 0. The summed E-state index contributed by atoms with van der Waals surface area (Å²) in [4.78, 5) is 13.9. The van der Waals surface area contributed by atoms with Crippen LogP contribution in [0, 0.1) is 5.92 Å². The third-order valence-corrected chi connectivity index (χ3v) is 3.85. The van der Waals surface area contributed by atoms with Gasteiger partial charge in [0.15, 0.2) is 0 Å². The Balaban J connectivity index is 1.71. The van der Waals surface area contributed by atoms with Crippen LogP contribution in [0.15, 0.2) is 24.3 Å². The van der Waals surface area contributed by atoms with Crippen LogP contribution in [0.1, 0.15) is 12.8 Å². The number of para-hydroxylation sites is 2. The first-order chi connectivity index (χ1) is 8.84. The van der Waals surface area contributed by atoms with Crippen LogP contribution in [0.2, 0.25) is 0 Å². The lowest BCUT2D eigenvalue weighted by Crippen LogP contribution is -2.41. The molecule has 1 amide bonds. The van der Waals surface area contributed by atoms with Crippen molar-refractivity contribution in [1.82, 2.24) is 5.32 Å². The minimum atomic E-state index is 0.180. The van der Waals surface area contributed by atoms with Gasteiger partial charge in [-0.25, -0.2) is 0 Å². The number of amides is 1. The summed E-state index contributed by atoms with van der Waals surface area (Å²) in [5.41, 5.74) is 2.10. The van der Waals surface area contributed by atoms with E-state index in [1.54, 1.807) is 0 Å². The number of rotatable bonds is 3. The Labute approximate surface area is 107 Å². The molecule has 3 rings (SSSR count). The molecule has 2 aliphatic rings. The zero-order valence-corrected chi connectivity index (χ0v) is 10.5. The van der Waals surface area contributed by atoms with Gasteiger partial charge in [-0.3, -0.25) is 4.79 Å². The molecule has 4 nitrogen and oxygen atoms in total. The van der Waals surface area contributed by atoms with Gasteiger partial charge in [0, 0.05) is 6.54 Å². The van der Waals surface area contributed by atoms with E-state index in [0.717, 1.165) is 43.3 Å². The van der Waals surface area contributed by atoms with Crippen molar-refractivity contribution in [2.45, 2.75) is 12.8 Å². The number of hydrogen-bond acceptors (Lipinski definition) is 3. The third kappa shape index (κ3) is 2.20. The molecule has 2 N–H and O–H groups in total. The Morgan fingerprint density at radius 1 is 1.33 bits per heavy atom. The van der Waals surface area contributed by atoms with Gasteiger partial charge in [0.2, 0.25) is 5.91 Å². The quantitative estimate of drug-likeness (QED) is 0.847. The van der Waals surface area contributed by atoms with Crippen LogP contribution in [-0.4, -0.2) is 32.1 Å². The maximum absolute atomic E-state index is 12.0. The van der Waals surface area contributed by atoms with Gasteiger partial charge in [-0.15, -0.1) is 0 Å². The lowest BCUT2D eigenvalue weighted by atomic mass is 10.0. The number of fused-ring (bicyclic) bond motifs is 1. The highest BCUT2D eigenvalue weighted by atomic mass is 16.2. The number of nitrogens with one attached hydrogen (secondary N) is 2. The summed E-state index contributed by atoms with van der Waals surface area (Å²) in [5.74, 6) is 0.902. The van der Waals surface area contributed by atoms with Gasteiger partial charge in [0.05, 0.1) is 17.9 Å². The van der Waals surface area contributed by atoms with Crippen molar-refractivity contribution >= 4 is 17.3 Å². The summed E-state index contributed by atoms with van der Waals surface area (Å²) in [6, 6.07) is 8.04. The molecule has 4 heteroatoms. The Kier molecular flexibility index (Phi) is 3.19. The topological polar surface area (TPSA) is 44.4 Å². The van der Waals surface area contributed by atoms with E-state index >= 15 is 0 Å².